The number of aliphatic hydroxyl groups is 1. The van der Waals surface area contributed by atoms with Crippen LogP contribution >= 0.6 is 33.3 Å². The van der Waals surface area contributed by atoms with Gasteiger partial charge in [-0.15, -0.1) is 0 Å². The van der Waals surface area contributed by atoms with Gasteiger partial charge in [0.2, 0.25) is 13.2 Å². The van der Waals surface area contributed by atoms with Gasteiger partial charge >= 0.3 is 0 Å². The molecule has 0 bridgehead atoms. The highest BCUT2D eigenvalue weighted by atomic mass is 33.1. The summed E-state index contributed by atoms with van der Waals surface area (Å²) in [7, 11) is 3.66. The van der Waals surface area contributed by atoms with Gasteiger partial charge in [-0.1, -0.05) is 54.3 Å². The lowest BCUT2D eigenvalue weighted by Crippen LogP contribution is -2.29. The maximum Gasteiger partial charge on any atom is 0.251 e. The summed E-state index contributed by atoms with van der Waals surface area (Å²) in [5.41, 5.74) is 5.63. The van der Waals surface area contributed by atoms with Crippen molar-refractivity contribution in [2.24, 2.45) is 5.73 Å². The van der Waals surface area contributed by atoms with Crippen LogP contribution in [0.4, 0.5) is 0 Å². The number of nitrogens with one attached hydrogen (secondary N) is 2. The molecule has 248 valence electrons. The molecule has 0 aromatic heterocycles. The van der Waals surface area contributed by atoms with Crippen molar-refractivity contribution < 1.29 is 38.4 Å². The minimum absolute atomic E-state index is 0.00531. The van der Waals surface area contributed by atoms with Gasteiger partial charge < -0.3 is 45.2 Å². The van der Waals surface area contributed by atoms with Crippen LogP contribution in [0.3, 0.4) is 0 Å². The zero-order chi connectivity index (χ0) is 32.9. The quantitative estimate of drug-likeness (QED) is 0.0389. The number of nitrogens with two attached hydrogens (primary N) is 1. The van der Waals surface area contributed by atoms with E-state index in [0.717, 1.165) is 11.8 Å². The Kier molecular flexibility index (Phi) is 19.5. The van der Waals surface area contributed by atoms with Crippen LogP contribution in [0, 0.1) is 22.4 Å². The highest BCUT2D eigenvalue weighted by Gasteiger charge is 2.35. The predicted octanol–water partition coefficient (Wildman–Crippen LogP) is 1.47. The number of nitrogens with zero attached hydrogens (tertiary/aromatic N) is 1. The smallest absolute Gasteiger partial charge is 0.251 e. The van der Waals surface area contributed by atoms with Crippen molar-refractivity contribution in [3.05, 3.63) is 29.8 Å². The lowest BCUT2D eigenvalue weighted by atomic mass is 9.71. The van der Waals surface area contributed by atoms with Crippen molar-refractivity contribution in [1.82, 2.24) is 10.6 Å². The van der Waals surface area contributed by atoms with Crippen molar-refractivity contribution in [1.29, 1.82) is 5.26 Å². The normalized spacial score (nSPS) is 18.3. The topological polar surface area (TPSA) is 174 Å². The van der Waals surface area contributed by atoms with Gasteiger partial charge in [-0.05, 0) is 36.4 Å². The molecule has 1 heterocycles. The van der Waals surface area contributed by atoms with E-state index in [9.17, 15) is 14.7 Å². The Labute approximate surface area is 278 Å². The standard InChI is InChI=1S/C29H43BN4O8S3/c1-29(2,3)45-44-27(18-40-22-7-4-6-21(14-22)28(37)34-11-9-31)39-13-12-38-17-26(36)33-10-5-8-30-25-15-23(24(16-35)42-25)41-20-43-19-32/h4,6-7,14,23-25,27,30,35H,9-13,15-18,20,31H2,1-3H3,(H,33,36)(H,34,37)/t23-,24?,25-,27?/m1/s1. The fourth-order valence-electron chi connectivity index (χ4n) is 3.74. The maximum atomic E-state index is 12.2. The van der Waals surface area contributed by atoms with Crippen LogP contribution in [0.25, 0.3) is 0 Å². The van der Waals surface area contributed by atoms with Gasteiger partial charge in [0.05, 0.1) is 32.5 Å². The number of carbonyl (C=O) groups is 2. The second-order valence-corrected chi connectivity index (χ2v) is 14.5. The van der Waals surface area contributed by atoms with Crippen molar-refractivity contribution in [2.45, 2.75) is 55.6 Å². The van der Waals surface area contributed by atoms with Crippen LogP contribution in [-0.2, 0) is 23.7 Å². The van der Waals surface area contributed by atoms with E-state index in [1.54, 1.807) is 45.9 Å². The average Bonchev–Trinajstić information content (AvgIpc) is 3.42. The zero-order valence-electron chi connectivity index (χ0n) is 26.0. The van der Waals surface area contributed by atoms with Crippen LogP contribution in [-0.4, -0.2) is 111 Å². The van der Waals surface area contributed by atoms with E-state index in [4.69, 9.17) is 34.7 Å². The third-order valence-corrected chi connectivity index (χ3v) is 9.67. The first kappa shape index (κ1) is 39.1. The number of aliphatic hydroxyl groups excluding tert-OH is 1. The molecule has 1 aliphatic rings. The monoisotopic (exact) mass is 682 g/mol. The Balaban J connectivity index is 1.67. The van der Waals surface area contributed by atoms with E-state index in [2.05, 4.69) is 43.1 Å². The van der Waals surface area contributed by atoms with Crippen LogP contribution in [0.15, 0.2) is 24.3 Å². The molecule has 0 aliphatic carbocycles. The SMILES string of the molecule is CC(C)(C)SSC(COc1cccc(C(=O)NCCN)c1)OCCOCC(=O)NCC#CB[C@H]1C[C@@H](OCSC#N)C(CO)O1. The summed E-state index contributed by atoms with van der Waals surface area (Å²) in [6.07, 6.45) is -0.134. The number of nitriles is 1. The van der Waals surface area contributed by atoms with E-state index in [1.807, 2.05) is 5.40 Å². The molecule has 2 unspecified atom stereocenters. The van der Waals surface area contributed by atoms with Gasteiger partial charge in [0.1, 0.15) is 41.8 Å². The van der Waals surface area contributed by atoms with Gasteiger partial charge in [-0.25, -0.2) is 0 Å². The molecular formula is C29H43BN4O8S3. The van der Waals surface area contributed by atoms with E-state index in [1.165, 1.54) is 0 Å². The van der Waals surface area contributed by atoms with Crippen molar-refractivity contribution >= 4 is 52.4 Å². The number of hydrogen-bond donors (Lipinski definition) is 4. The molecular weight excluding hydrogens is 639 g/mol. The number of amides is 2. The summed E-state index contributed by atoms with van der Waals surface area (Å²) in [4.78, 5) is 24.3. The molecule has 5 N–H and O–H groups in total. The number of carbonyl (C=O) groups excluding carboxylic acids is 2. The molecule has 0 radical (unpaired) electrons. The van der Waals surface area contributed by atoms with E-state index < -0.39 is 6.10 Å². The summed E-state index contributed by atoms with van der Waals surface area (Å²) >= 11 is 0.992. The third-order valence-electron chi connectivity index (χ3n) is 5.77. The Morgan fingerprint density at radius 1 is 1.29 bits per heavy atom. The molecule has 0 spiro atoms. The lowest BCUT2D eigenvalue weighted by molar-refractivity contribution is -0.126. The first-order valence-electron chi connectivity index (χ1n) is 14.5. The minimum Gasteiger partial charge on any atom is -0.490 e. The molecule has 4 atom stereocenters. The number of hydrogen-bond acceptors (Lipinski definition) is 13. The predicted molar refractivity (Wildman–Crippen MR) is 180 cm³/mol. The molecule has 16 heteroatoms. The van der Waals surface area contributed by atoms with Gasteiger partial charge in [0.25, 0.3) is 5.91 Å². The lowest BCUT2D eigenvalue weighted by Gasteiger charge is -2.22. The molecule has 1 fully saturated rings. The second-order valence-electron chi connectivity index (χ2n) is 10.6. The first-order valence-corrected chi connectivity index (χ1v) is 17.7. The Morgan fingerprint density at radius 2 is 2.11 bits per heavy atom. The summed E-state index contributed by atoms with van der Waals surface area (Å²) in [5.74, 6) is 6.14. The molecule has 12 nitrogen and oxygen atoms in total. The van der Waals surface area contributed by atoms with Crippen LogP contribution in [0.5, 0.6) is 5.75 Å². The van der Waals surface area contributed by atoms with E-state index in [-0.39, 0.29) is 79.6 Å². The molecule has 2 rings (SSSR count). The number of thiocyanates is 1. The third kappa shape index (κ3) is 17.4. The van der Waals surface area contributed by atoms with Crippen LogP contribution in [0.1, 0.15) is 37.6 Å². The van der Waals surface area contributed by atoms with E-state index in [0.29, 0.717) is 38.1 Å². The van der Waals surface area contributed by atoms with Crippen molar-refractivity contribution in [3.8, 4) is 22.9 Å². The molecule has 1 aromatic carbocycles. The largest absolute Gasteiger partial charge is 0.490 e. The number of rotatable bonds is 20. The molecule has 1 saturated heterocycles. The minimum atomic E-state index is -0.436. The highest BCUT2D eigenvalue weighted by Crippen LogP contribution is 2.38. The zero-order valence-corrected chi connectivity index (χ0v) is 28.4. The summed E-state index contributed by atoms with van der Waals surface area (Å²) in [6, 6.07) is 6.74. The van der Waals surface area contributed by atoms with Crippen molar-refractivity contribution in [2.75, 3.05) is 58.6 Å². The van der Waals surface area contributed by atoms with Gasteiger partial charge in [0, 0.05) is 29.4 Å². The van der Waals surface area contributed by atoms with Crippen molar-refractivity contribution in [3.63, 3.8) is 0 Å². The Hall–Kier alpha value is -2.12. The second kappa shape index (κ2) is 22.4. The fourth-order valence-corrected chi connectivity index (χ4v) is 6.23. The first-order chi connectivity index (χ1) is 21.6. The molecule has 45 heavy (non-hydrogen) atoms. The summed E-state index contributed by atoms with van der Waals surface area (Å²) in [5, 5.41) is 25.5. The highest BCUT2D eigenvalue weighted by molar-refractivity contribution is 8.77. The maximum absolute atomic E-state index is 12.2. The fraction of sp³-hybridized carbons (Fsp3) is 0.621. The summed E-state index contributed by atoms with van der Waals surface area (Å²) in [6.45, 7) is 7.69. The summed E-state index contributed by atoms with van der Waals surface area (Å²) < 4.78 is 28.7. The van der Waals surface area contributed by atoms with E-state index >= 15 is 0 Å². The Bertz CT molecular complexity index is 1150. The number of benzene rings is 1. The number of ether oxygens (including phenoxy) is 5. The average molecular weight is 683 g/mol. The molecule has 1 aliphatic heterocycles. The van der Waals surface area contributed by atoms with Crippen LogP contribution in [0.2, 0.25) is 0 Å². The molecule has 0 saturated carbocycles. The van der Waals surface area contributed by atoms with Gasteiger partial charge in [-0.3, -0.25) is 9.59 Å². The molecule has 1 aromatic rings. The molecule has 2 amide bonds. The number of thioether (sulfide) groups is 1. The van der Waals surface area contributed by atoms with Gasteiger partial charge in [0.15, 0.2) is 0 Å². The Morgan fingerprint density at radius 3 is 2.84 bits per heavy atom. The van der Waals surface area contributed by atoms with Gasteiger partial charge in [-0.2, -0.15) is 11.1 Å². The van der Waals surface area contributed by atoms with Crippen LogP contribution < -0.4 is 21.1 Å².